The molecule has 0 aliphatic heterocycles. The van der Waals surface area contributed by atoms with Gasteiger partial charge in [-0.3, -0.25) is 4.79 Å². The Labute approximate surface area is 172 Å². The van der Waals surface area contributed by atoms with E-state index in [9.17, 15) is 14.4 Å². The Morgan fingerprint density at radius 1 is 1.07 bits per heavy atom. The van der Waals surface area contributed by atoms with Crippen molar-refractivity contribution < 1.29 is 23.9 Å². The Balaban J connectivity index is 2.33. The Morgan fingerprint density at radius 2 is 1.71 bits per heavy atom. The third kappa shape index (κ3) is 5.77. The maximum Gasteiger partial charge on any atom is 0.348 e. The first kappa shape index (κ1) is 21.8. The van der Waals surface area contributed by atoms with Crippen LogP contribution in [-0.2, 0) is 14.3 Å². The summed E-state index contributed by atoms with van der Waals surface area (Å²) in [5, 5.41) is 4.86. The zero-order chi connectivity index (χ0) is 20.8. The zero-order valence-corrected chi connectivity index (χ0v) is 18.0. The third-order valence-electron chi connectivity index (χ3n) is 3.40. The number of ether oxygens (including phenoxy) is 2. The molecular formula is C20H23NO5S2. The van der Waals surface area contributed by atoms with Crippen LogP contribution in [0, 0.1) is 6.92 Å². The second-order valence-electron chi connectivity index (χ2n) is 6.51. The average Bonchev–Trinajstić information content (AvgIpc) is 3.19. The summed E-state index contributed by atoms with van der Waals surface area (Å²) in [4.78, 5) is 38.4. The smallest absolute Gasteiger partial charge is 0.348 e. The minimum atomic E-state index is -0.593. The summed E-state index contributed by atoms with van der Waals surface area (Å²) in [6.45, 7) is 8.59. The Kier molecular flexibility index (Phi) is 7.53. The van der Waals surface area contributed by atoms with Gasteiger partial charge in [0.15, 0.2) is 0 Å². The summed E-state index contributed by atoms with van der Waals surface area (Å²) in [6.07, 6.45) is 2.43. The van der Waals surface area contributed by atoms with E-state index in [1.165, 1.54) is 17.4 Å². The molecule has 0 saturated carbocycles. The van der Waals surface area contributed by atoms with E-state index in [2.05, 4.69) is 5.32 Å². The summed E-state index contributed by atoms with van der Waals surface area (Å²) >= 11 is 2.51. The summed E-state index contributed by atoms with van der Waals surface area (Å²) in [5.74, 6) is -1.53. The van der Waals surface area contributed by atoms with Crippen molar-refractivity contribution in [2.45, 2.75) is 46.8 Å². The molecule has 2 rings (SSSR count). The van der Waals surface area contributed by atoms with Gasteiger partial charge in [0.1, 0.15) is 9.88 Å². The Morgan fingerprint density at radius 3 is 2.29 bits per heavy atom. The van der Waals surface area contributed by atoms with Crippen LogP contribution in [0.5, 0.6) is 0 Å². The molecule has 0 saturated heterocycles. The molecule has 2 heterocycles. The number of nitrogens with one attached hydrogen (secondary N) is 1. The highest BCUT2D eigenvalue weighted by Crippen LogP contribution is 2.34. The summed E-state index contributed by atoms with van der Waals surface area (Å²) in [7, 11) is 0. The summed E-state index contributed by atoms with van der Waals surface area (Å²) < 4.78 is 10.5. The van der Waals surface area contributed by atoms with Crippen LogP contribution in [0.4, 0.5) is 5.00 Å². The third-order valence-corrected chi connectivity index (χ3v) is 5.43. The largest absolute Gasteiger partial charge is 0.459 e. The van der Waals surface area contributed by atoms with E-state index >= 15 is 0 Å². The normalized spacial score (nSPS) is 11.2. The molecule has 0 bridgehead atoms. The molecule has 8 heteroatoms. The van der Waals surface area contributed by atoms with Crippen molar-refractivity contribution >= 4 is 51.6 Å². The van der Waals surface area contributed by atoms with Crippen LogP contribution in [0.2, 0.25) is 0 Å². The topological polar surface area (TPSA) is 81.7 Å². The fraction of sp³-hybridized carbons (Fsp3) is 0.350. The maximum atomic E-state index is 12.5. The van der Waals surface area contributed by atoms with Gasteiger partial charge >= 0.3 is 11.9 Å². The van der Waals surface area contributed by atoms with Crippen molar-refractivity contribution in [1.29, 1.82) is 0 Å². The van der Waals surface area contributed by atoms with Crippen LogP contribution in [0.1, 0.15) is 58.2 Å². The predicted octanol–water partition coefficient (Wildman–Crippen LogP) is 4.90. The van der Waals surface area contributed by atoms with Crippen molar-refractivity contribution in [1.82, 2.24) is 0 Å². The lowest BCUT2D eigenvalue weighted by atomic mass is 10.1. The minimum Gasteiger partial charge on any atom is -0.459 e. The van der Waals surface area contributed by atoms with Crippen molar-refractivity contribution in [3.63, 3.8) is 0 Å². The van der Waals surface area contributed by atoms with Crippen LogP contribution in [0.25, 0.3) is 6.08 Å². The first-order chi connectivity index (χ1) is 13.2. The van der Waals surface area contributed by atoms with E-state index < -0.39 is 17.8 Å². The number of carbonyl (C=O) groups is 3. The molecule has 1 N–H and O–H groups in total. The standard InChI is InChI=1S/C20H23NO5S2/c1-11(2)25-19(23)16-13(5)17(20(24)26-12(3)4)28-18(16)21-15(22)9-8-14-7-6-10-27-14/h6-12H,1-5H3,(H,21,22)/b9-8+. The van der Waals surface area contributed by atoms with Gasteiger partial charge in [0.05, 0.1) is 17.8 Å². The van der Waals surface area contributed by atoms with Gasteiger partial charge in [0.25, 0.3) is 0 Å². The second kappa shape index (κ2) is 9.66. The maximum absolute atomic E-state index is 12.5. The highest BCUT2D eigenvalue weighted by Gasteiger charge is 2.28. The van der Waals surface area contributed by atoms with E-state index in [1.54, 1.807) is 40.7 Å². The van der Waals surface area contributed by atoms with E-state index in [0.29, 0.717) is 5.56 Å². The molecule has 0 spiro atoms. The predicted molar refractivity (Wildman–Crippen MR) is 112 cm³/mol. The second-order valence-corrected chi connectivity index (χ2v) is 8.51. The number of anilines is 1. The summed E-state index contributed by atoms with van der Waals surface area (Å²) in [6, 6.07) is 3.77. The van der Waals surface area contributed by atoms with Gasteiger partial charge in [0, 0.05) is 11.0 Å². The lowest BCUT2D eigenvalue weighted by Gasteiger charge is -2.10. The number of rotatable bonds is 7. The van der Waals surface area contributed by atoms with Crippen LogP contribution in [0.3, 0.4) is 0 Å². The molecule has 0 atom stereocenters. The zero-order valence-electron chi connectivity index (χ0n) is 16.4. The van der Waals surface area contributed by atoms with Gasteiger partial charge < -0.3 is 14.8 Å². The highest BCUT2D eigenvalue weighted by molar-refractivity contribution is 7.18. The quantitative estimate of drug-likeness (QED) is 0.508. The van der Waals surface area contributed by atoms with Gasteiger partial charge in [-0.2, -0.15) is 0 Å². The molecule has 0 fully saturated rings. The summed E-state index contributed by atoms with van der Waals surface area (Å²) in [5.41, 5.74) is 0.603. The van der Waals surface area contributed by atoms with Crippen molar-refractivity contribution in [3.8, 4) is 0 Å². The molecule has 2 aromatic heterocycles. The lowest BCUT2D eigenvalue weighted by molar-refractivity contribution is -0.111. The lowest BCUT2D eigenvalue weighted by Crippen LogP contribution is -2.16. The van der Waals surface area contributed by atoms with Crippen molar-refractivity contribution in [3.05, 3.63) is 44.5 Å². The molecule has 1 amide bonds. The van der Waals surface area contributed by atoms with Gasteiger partial charge in [-0.15, -0.1) is 22.7 Å². The first-order valence-corrected chi connectivity index (χ1v) is 10.5. The minimum absolute atomic E-state index is 0.173. The molecular weight excluding hydrogens is 398 g/mol. The molecule has 0 aliphatic carbocycles. The first-order valence-electron chi connectivity index (χ1n) is 8.77. The monoisotopic (exact) mass is 421 g/mol. The fourth-order valence-corrected chi connectivity index (χ4v) is 3.98. The number of amides is 1. The van der Waals surface area contributed by atoms with Crippen LogP contribution < -0.4 is 5.32 Å². The van der Waals surface area contributed by atoms with E-state index in [1.807, 2.05) is 17.5 Å². The number of esters is 2. The molecule has 0 unspecified atom stereocenters. The molecule has 0 radical (unpaired) electrons. The SMILES string of the molecule is Cc1c(C(=O)OC(C)C)sc(NC(=O)/C=C/c2cccs2)c1C(=O)OC(C)C. The molecule has 28 heavy (non-hydrogen) atoms. The van der Waals surface area contributed by atoms with Crippen molar-refractivity contribution in [2.24, 2.45) is 0 Å². The highest BCUT2D eigenvalue weighted by atomic mass is 32.1. The number of thiophene rings is 2. The van der Waals surface area contributed by atoms with Gasteiger partial charge in [-0.25, -0.2) is 9.59 Å². The molecule has 150 valence electrons. The van der Waals surface area contributed by atoms with Crippen LogP contribution in [-0.4, -0.2) is 30.1 Å². The fourth-order valence-electron chi connectivity index (χ4n) is 2.28. The van der Waals surface area contributed by atoms with Gasteiger partial charge in [-0.1, -0.05) is 6.07 Å². The van der Waals surface area contributed by atoms with Gasteiger partial charge in [0.2, 0.25) is 5.91 Å². The molecule has 2 aromatic rings. The number of carbonyl (C=O) groups excluding carboxylic acids is 3. The Bertz CT molecular complexity index is 879. The van der Waals surface area contributed by atoms with Crippen LogP contribution in [0.15, 0.2) is 23.6 Å². The molecule has 6 nitrogen and oxygen atoms in total. The van der Waals surface area contributed by atoms with E-state index in [0.717, 1.165) is 16.2 Å². The average molecular weight is 422 g/mol. The van der Waals surface area contributed by atoms with E-state index in [-0.39, 0.29) is 27.6 Å². The number of hydrogen-bond acceptors (Lipinski definition) is 7. The molecule has 0 aromatic carbocycles. The van der Waals surface area contributed by atoms with Crippen LogP contribution >= 0.6 is 22.7 Å². The Hall–Kier alpha value is -2.45. The van der Waals surface area contributed by atoms with Crippen molar-refractivity contribution in [2.75, 3.05) is 5.32 Å². The molecule has 0 aliphatic rings. The number of hydrogen-bond donors (Lipinski definition) is 1. The van der Waals surface area contributed by atoms with Gasteiger partial charge in [-0.05, 0) is 57.7 Å². The van der Waals surface area contributed by atoms with E-state index in [4.69, 9.17) is 9.47 Å².